The molecule has 0 aliphatic carbocycles. The number of rotatable bonds is 18. The number of quaternary nitrogens is 2. The minimum atomic E-state index is -1.27. The van der Waals surface area contributed by atoms with Crippen LogP contribution >= 0.6 is 12.2 Å². The summed E-state index contributed by atoms with van der Waals surface area (Å²) in [7, 11) is 6.85. The fourth-order valence-corrected chi connectivity index (χ4v) is 7.33. The van der Waals surface area contributed by atoms with Crippen molar-refractivity contribution in [2.75, 3.05) is 92.0 Å². The standard InChI is InChI=1S/C43H56N6O4S.K/c1-32-12-15-36-39(28-32)53-40-29-33(2)13-16-37(40)41(36)35-17-14-34(30-38(35)42(50)51)47-43(54)46-20-11-22-48(3,4)21-9-7-6-8-18-44-31-45-19-10-23-49(5)24-26-52-27-25-49;/h12-17,28-30H,1,6-11,18-27H2,2-5H3,(H-2,46,47,50,51,54);/q;+1/p+1. The van der Waals surface area contributed by atoms with Crippen molar-refractivity contribution in [1.29, 1.82) is 0 Å². The van der Waals surface area contributed by atoms with E-state index < -0.39 is 5.97 Å². The van der Waals surface area contributed by atoms with Gasteiger partial charge in [-0.3, -0.25) is 0 Å². The van der Waals surface area contributed by atoms with Gasteiger partial charge in [0.1, 0.15) is 24.6 Å². The van der Waals surface area contributed by atoms with Crippen LogP contribution < -0.4 is 82.3 Å². The van der Waals surface area contributed by atoms with Crippen LogP contribution in [0.25, 0.3) is 12.2 Å². The van der Waals surface area contributed by atoms with Crippen molar-refractivity contribution >= 4 is 47.1 Å². The summed E-state index contributed by atoms with van der Waals surface area (Å²) in [5, 5.41) is 21.0. The largest absolute Gasteiger partial charge is 1.00 e. The number of aromatic carboxylic acids is 1. The predicted octanol–water partition coefficient (Wildman–Crippen LogP) is 1.48. The van der Waals surface area contributed by atoms with Crippen LogP contribution in [0, 0.1) is 6.92 Å². The van der Waals surface area contributed by atoms with Gasteiger partial charge in [0.2, 0.25) is 0 Å². The molecule has 55 heavy (non-hydrogen) atoms. The fraction of sp³-hybridized carbons (Fsp3) is 0.465. The number of thiocarbonyl (C=S) groups is 1. The third-order valence-electron chi connectivity index (χ3n) is 10.4. The molecule has 2 aliphatic heterocycles. The smallest absolute Gasteiger partial charge is 0.545 e. The number of nitrogens with one attached hydrogen (secondary N) is 2. The molecule has 3 aromatic rings. The fourth-order valence-electron chi connectivity index (χ4n) is 7.11. The molecule has 10 nitrogen and oxygen atoms in total. The molecule has 2 heterocycles. The second-order valence-electron chi connectivity index (χ2n) is 15.5. The van der Waals surface area contributed by atoms with Crippen molar-refractivity contribution in [3.63, 3.8) is 0 Å². The minimum Gasteiger partial charge on any atom is -0.545 e. The first-order chi connectivity index (χ1) is 25.9. The Morgan fingerprint density at radius 3 is 2.40 bits per heavy atom. The van der Waals surface area contributed by atoms with Crippen LogP contribution in [-0.4, -0.2) is 113 Å². The van der Waals surface area contributed by atoms with Crippen molar-refractivity contribution in [2.24, 2.45) is 9.98 Å². The van der Waals surface area contributed by atoms with Gasteiger partial charge in [-0.15, -0.1) is 0 Å². The number of carbonyl (C=O) groups is 1. The number of hydrogen-bond donors (Lipinski definition) is 2. The van der Waals surface area contributed by atoms with E-state index in [-0.39, 0.29) is 56.9 Å². The Hall–Kier alpha value is -2.74. The van der Waals surface area contributed by atoms with Crippen molar-refractivity contribution in [3.8, 4) is 11.5 Å². The van der Waals surface area contributed by atoms with Gasteiger partial charge in [0.25, 0.3) is 0 Å². The molecule has 0 atom stereocenters. The van der Waals surface area contributed by atoms with Gasteiger partial charge in [-0.2, -0.15) is 0 Å². The summed E-state index contributed by atoms with van der Waals surface area (Å²) in [6, 6.07) is 19.7. The van der Waals surface area contributed by atoms with E-state index in [2.05, 4.69) is 54.3 Å². The molecular weight excluding hydrogens is 736 g/mol. The normalized spacial score (nSPS) is 14.3. The summed E-state index contributed by atoms with van der Waals surface area (Å²) in [5.41, 5.74) is 3.82. The summed E-state index contributed by atoms with van der Waals surface area (Å²) in [5.74, 6) is 0.0405. The Labute approximate surface area is 375 Å². The topological polar surface area (TPSA) is 107 Å². The number of hydrogen-bond acceptors (Lipinski definition) is 7. The average molecular weight is 793 g/mol. The van der Waals surface area contributed by atoms with Crippen LogP contribution in [0.2, 0.25) is 0 Å². The number of aliphatic imine (C=N–C) groups is 2. The summed E-state index contributed by atoms with van der Waals surface area (Å²) in [6.07, 6.45) is 6.62. The van der Waals surface area contributed by atoms with Gasteiger partial charge < -0.3 is 39.0 Å². The number of benzene rings is 3. The molecule has 0 unspecified atom stereocenters. The SMILES string of the molecule is C=c1ccc2c(c1)Oc1cc(C)ccc1C=2c1ccc(NC(=S)NCCC[N+](C)(C)CCCCCCN=C=NCCC[N+]2(C)CCOCC2)cc1C(=O)[O-].[K+]. The number of likely N-dealkylation sites (N-methyl/N-ethyl adjacent to an activating group) is 1. The first-order valence-electron chi connectivity index (χ1n) is 19.3. The zero-order chi connectivity index (χ0) is 38.6. The van der Waals surface area contributed by atoms with Gasteiger partial charge in [0.15, 0.2) is 5.11 Å². The molecule has 3 aromatic carbocycles. The molecule has 288 valence electrons. The van der Waals surface area contributed by atoms with Crippen molar-refractivity contribution < 1.29 is 79.7 Å². The number of aryl methyl sites for hydroxylation is 1. The van der Waals surface area contributed by atoms with Crippen LogP contribution in [0.4, 0.5) is 5.69 Å². The van der Waals surface area contributed by atoms with Crippen molar-refractivity contribution in [2.45, 2.75) is 45.4 Å². The van der Waals surface area contributed by atoms with Crippen LogP contribution in [0.1, 0.15) is 65.6 Å². The van der Waals surface area contributed by atoms with Gasteiger partial charge in [0.05, 0.1) is 72.5 Å². The number of morpholine rings is 1. The Balaban J connectivity index is 0.00000673. The number of carbonyl (C=O) groups excluding carboxylic acids is 1. The Morgan fingerprint density at radius 1 is 0.927 bits per heavy atom. The predicted molar refractivity (Wildman–Crippen MR) is 220 cm³/mol. The summed E-state index contributed by atoms with van der Waals surface area (Å²) in [4.78, 5) is 21.2. The monoisotopic (exact) mass is 792 g/mol. The van der Waals surface area contributed by atoms with Gasteiger partial charge in [-0.05, 0) is 79.0 Å². The number of anilines is 1. The van der Waals surface area contributed by atoms with E-state index >= 15 is 0 Å². The second kappa shape index (κ2) is 21.7. The Morgan fingerprint density at radius 2 is 1.64 bits per heavy atom. The number of carboxylic acid groups (broad SMARTS) is 1. The van der Waals surface area contributed by atoms with E-state index in [0.717, 1.165) is 121 Å². The molecule has 2 N–H and O–H groups in total. The first-order valence-corrected chi connectivity index (χ1v) is 19.7. The minimum absolute atomic E-state index is 0. The number of carboxylic acids is 1. The quantitative estimate of drug-likeness (QED) is 0.0518. The van der Waals surface area contributed by atoms with E-state index in [1.165, 1.54) is 12.8 Å². The molecular formula is C43H57KN6O4S+2. The number of fused-ring (bicyclic) bond motifs is 2. The molecule has 0 bridgehead atoms. The number of ether oxygens (including phenoxy) is 2. The number of nitrogens with zero attached hydrogens (tertiary/aromatic N) is 4. The van der Waals surface area contributed by atoms with Crippen LogP contribution in [0.3, 0.4) is 0 Å². The molecule has 5 rings (SSSR count). The van der Waals surface area contributed by atoms with E-state index in [1.807, 2.05) is 49.4 Å². The Kier molecular flexibility index (Phi) is 17.7. The van der Waals surface area contributed by atoms with Crippen LogP contribution in [0.15, 0.2) is 64.6 Å². The van der Waals surface area contributed by atoms with E-state index in [9.17, 15) is 9.90 Å². The van der Waals surface area contributed by atoms with Gasteiger partial charge >= 0.3 is 51.4 Å². The Bertz CT molecular complexity index is 1970. The third kappa shape index (κ3) is 13.7. The van der Waals surface area contributed by atoms with Crippen molar-refractivity contribution in [3.05, 3.63) is 87.3 Å². The second-order valence-corrected chi connectivity index (χ2v) is 15.9. The molecule has 0 amide bonds. The molecule has 1 saturated heterocycles. The zero-order valence-electron chi connectivity index (χ0n) is 33.5. The third-order valence-corrected chi connectivity index (χ3v) is 10.6. The molecule has 12 heteroatoms. The molecule has 1 fully saturated rings. The van der Waals surface area contributed by atoms with Crippen LogP contribution in [-0.2, 0) is 4.74 Å². The van der Waals surface area contributed by atoms with Gasteiger partial charge in [-0.1, -0.05) is 43.3 Å². The van der Waals surface area contributed by atoms with E-state index in [1.54, 1.807) is 12.1 Å². The molecule has 0 spiro atoms. The van der Waals surface area contributed by atoms with E-state index in [4.69, 9.17) is 21.7 Å². The number of unbranched alkanes of at least 4 members (excludes halogenated alkanes) is 3. The molecule has 0 radical (unpaired) electrons. The molecule has 0 aromatic heterocycles. The average Bonchev–Trinajstić information content (AvgIpc) is 3.13. The maximum absolute atomic E-state index is 12.5. The van der Waals surface area contributed by atoms with E-state index in [0.29, 0.717) is 34.4 Å². The summed E-state index contributed by atoms with van der Waals surface area (Å²) in [6.45, 7) is 15.5. The molecule has 0 saturated carbocycles. The van der Waals surface area contributed by atoms with Gasteiger partial charge in [-0.25, -0.2) is 9.98 Å². The summed E-state index contributed by atoms with van der Waals surface area (Å²) >= 11 is 5.58. The molecule has 2 aliphatic rings. The zero-order valence-corrected chi connectivity index (χ0v) is 37.5. The van der Waals surface area contributed by atoms with Crippen molar-refractivity contribution in [1.82, 2.24) is 5.32 Å². The maximum Gasteiger partial charge on any atom is 1.00 e. The van der Waals surface area contributed by atoms with Gasteiger partial charge in [0, 0.05) is 53.5 Å². The van der Waals surface area contributed by atoms with Crippen LogP contribution in [0.5, 0.6) is 11.5 Å². The first kappa shape index (κ1) is 45.0. The maximum atomic E-state index is 12.5. The summed E-state index contributed by atoms with van der Waals surface area (Å²) < 4.78 is 13.7.